The minimum Gasteiger partial charge on any atom is -0.352 e. The van der Waals surface area contributed by atoms with Gasteiger partial charge < -0.3 is 10.6 Å². The molecule has 2 N–H and O–H groups in total. The molecule has 1 atom stereocenters. The second-order valence-electron chi connectivity index (χ2n) is 5.45. The van der Waals surface area contributed by atoms with Gasteiger partial charge in [0.25, 0.3) is 5.91 Å². The van der Waals surface area contributed by atoms with E-state index in [0.717, 1.165) is 22.6 Å². The molecule has 1 unspecified atom stereocenters. The lowest BCUT2D eigenvalue weighted by molar-refractivity contribution is -0.115. The molecule has 5 heteroatoms. The smallest absolute Gasteiger partial charge is 0.251 e. The van der Waals surface area contributed by atoms with Crippen molar-refractivity contribution in [2.24, 2.45) is 0 Å². The van der Waals surface area contributed by atoms with Gasteiger partial charge in [-0.1, -0.05) is 24.3 Å². The summed E-state index contributed by atoms with van der Waals surface area (Å²) in [5, 5.41) is 5.78. The number of fused-ring (bicyclic) bond motifs is 1. The summed E-state index contributed by atoms with van der Waals surface area (Å²) in [6.07, 6.45) is 0.724. The molecule has 0 saturated carbocycles. The molecule has 0 bridgehead atoms. The van der Waals surface area contributed by atoms with E-state index in [9.17, 15) is 9.59 Å². The lowest BCUT2D eigenvalue weighted by Crippen LogP contribution is -2.27. The van der Waals surface area contributed by atoms with E-state index in [-0.39, 0.29) is 17.1 Å². The first-order chi connectivity index (χ1) is 11.1. The number of carbonyl (C=O) groups is 2. The highest BCUT2D eigenvalue weighted by atomic mass is 32.2. The van der Waals surface area contributed by atoms with Crippen LogP contribution in [0.25, 0.3) is 0 Å². The highest BCUT2D eigenvalue weighted by Gasteiger charge is 2.22. The van der Waals surface area contributed by atoms with Crippen LogP contribution in [-0.4, -0.2) is 23.6 Å². The number of carbonyl (C=O) groups excluding carboxylic acids is 2. The molecule has 0 radical (unpaired) electrons. The molecule has 0 aliphatic carbocycles. The maximum absolute atomic E-state index is 12.0. The topological polar surface area (TPSA) is 58.2 Å². The SMILES string of the molecule is CC1Sc2ccc(CCNC(=O)c3ccccc3)cc2NC1=O. The van der Waals surface area contributed by atoms with Crippen LogP contribution in [0.5, 0.6) is 0 Å². The van der Waals surface area contributed by atoms with Crippen molar-refractivity contribution in [2.45, 2.75) is 23.5 Å². The lowest BCUT2D eigenvalue weighted by Gasteiger charge is -2.21. The van der Waals surface area contributed by atoms with Crippen LogP contribution in [0.4, 0.5) is 5.69 Å². The first kappa shape index (κ1) is 15.6. The molecule has 23 heavy (non-hydrogen) atoms. The molecular formula is C18H18N2O2S. The van der Waals surface area contributed by atoms with Gasteiger partial charge in [-0.25, -0.2) is 0 Å². The largest absolute Gasteiger partial charge is 0.352 e. The molecule has 0 fully saturated rings. The highest BCUT2D eigenvalue weighted by molar-refractivity contribution is 8.00. The van der Waals surface area contributed by atoms with Crippen LogP contribution < -0.4 is 10.6 Å². The third kappa shape index (κ3) is 3.74. The summed E-state index contributed by atoms with van der Waals surface area (Å²) in [7, 11) is 0. The Morgan fingerprint density at radius 2 is 2.00 bits per heavy atom. The van der Waals surface area contributed by atoms with Gasteiger partial charge in [-0.15, -0.1) is 11.8 Å². The minimum atomic E-state index is -0.0683. The number of hydrogen-bond donors (Lipinski definition) is 2. The van der Waals surface area contributed by atoms with Crippen LogP contribution in [0.3, 0.4) is 0 Å². The number of thioether (sulfide) groups is 1. The summed E-state index contributed by atoms with van der Waals surface area (Å²) in [5.41, 5.74) is 2.62. The van der Waals surface area contributed by atoms with Crippen LogP contribution >= 0.6 is 11.8 Å². The van der Waals surface area contributed by atoms with Gasteiger partial charge >= 0.3 is 0 Å². The predicted octanol–water partition coefficient (Wildman–Crippen LogP) is 3.09. The Bertz CT molecular complexity index is 731. The first-order valence-electron chi connectivity index (χ1n) is 7.57. The fourth-order valence-electron chi connectivity index (χ4n) is 2.42. The first-order valence-corrected chi connectivity index (χ1v) is 8.45. The van der Waals surface area contributed by atoms with Crippen molar-refractivity contribution < 1.29 is 9.59 Å². The summed E-state index contributed by atoms with van der Waals surface area (Å²) < 4.78 is 0. The normalized spacial score (nSPS) is 16.4. The van der Waals surface area contributed by atoms with Crippen LogP contribution in [0.2, 0.25) is 0 Å². The molecule has 0 saturated heterocycles. The van der Waals surface area contributed by atoms with Gasteiger partial charge in [0.1, 0.15) is 0 Å². The standard InChI is InChI=1S/C18H18N2O2S/c1-12-17(21)20-15-11-13(7-8-16(15)23-12)9-10-19-18(22)14-5-3-2-4-6-14/h2-8,11-12H,9-10H2,1H3,(H,19,22)(H,20,21). The summed E-state index contributed by atoms with van der Waals surface area (Å²) in [6.45, 7) is 2.46. The van der Waals surface area contributed by atoms with Crippen molar-refractivity contribution in [3.63, 3.8) is 0 Å². The van der Waals surface area contributed by atoms with Gasteiger partial charge in [-0.2, -0.15) is 0 Å². The van der Waals surface area contributed by atoms with Crippen LogP contribution in [0, 0.1) is 0 Å². The summed E-state index contributed by atoms with van der Waals surface area (Å²) >= 11 is 1.57. The fourth-order valence-corrected chi connectivity index (χ4v) is 3.35. The molecule has 3 rings (SSSR count). The Morgan fingerprint density at radius 1 is 1.22 bits per heavy atom. The molecule has 0 spiro atoms. The minimum absolute atomic E-state index is 0.0389. The molecule has 2 aromatic carbocycles. The number of anilines is 1. The van der Waals surface area contributed by atoms with Crippen molar-refractivity contribution in [2.75, 3.05) is 11.9 Å². The quantitative estimate of drug-likeness (QED) is 0.908. The number of rotatable bonds is 4. The highest BCUT2D eigenvalue weighted by Crippen LogP contribution is 2.35. The second-order valence-corrected chi connectivity index (χ2v) is 6.83. The fraction of sp³-hybridized carbons (Fsp3) is 0.222. The lowest BCUT2D eigenvalue weighted by atomic mass is 10.1. The Hall–Kier alpha value is -2.27. The zero-order valence-corrected chi connectivity index (χ0v) is 13.7. The Morgan fingerprint density at radius 3 is 2.78 bits per heavy atom. The van der Waals surface area contributed by atoms with E-state index in [1.165, 1.54) is 0 Å². The molecule has 2 aromatic rings. The molecule has 1 aliphatic heterocycles. The molecule has 4 nitrogen and oxygen atoms in total. The van der Waals surface area contributed by atoms with Crippen molar-refractivity contribution in [1.29, 1.82) is 0 Å². The Kier molecular flexibility index (Phi) is 4.67. The van der Waals surface area contributed by atoms with E-state index in [4.69, 9.17) is 0 Å². The molecular weight excluding hydrogens is 308 g/mol. The summed E-state index contributed by atoms with van der Waals surface area (Å²) in [4.78, 5) is 24.8. The number of nitrogens with one attached hydrogen (secondary N) is 2. The van der Waals surface area contributed by atoms with Gasteiger partial charge in [-0.05, 0) is 43.2 Å². The third-order valence-corrected chi connectivity index (χ3v) is 4.89. The molecule has 1 aliphatic rings. The van der Waals surface area contributed by atoms with Gasteiger partial charge in [0, 0.05) is 17.0 Å². The maximum Gasteiger partial charge on any atom is 0.251 e. The van der Waals surface area contributed by atoms with Crippen LogP contribution in [0.1, 0.15) is 22.8 Å². The van der Waals surface area contributed by atoms with Crippen molar-refractivity contribution in [3.8, 4) is 0 Å². The van der Waals surface area contributed by atoms with E-state index in [0.29, 0.717) is 12.1 Å². The predicted molar refractivity (Wildman–Crippen MR) is 92.9 cm³/mol. The van der Waals surface area contributed by atoms with Gasteiger partial charge in [-0.3, -0.25) is 9.59 Å². The van der Waals surface area contributed by atoms with E-state index in [2.05, 4.69) is 10.6 Å². The van der Waals surface area contributed by atoms with Gasteiger partial charge in [0.15, 0.2) is 0 Å². The van der Waals surface area contributed by atoms with Crippen molar-refractivity contribution in [3.05, 3.63) is 59.7 Å². The van der Waals surface area contributed by atoms with Crippen LogP contribution in [0.15, 0.2) is 53.4 Å². The second kappa shape index (κ2) is 6.87. The van der Waals surface area contributed by atoms with E-state index in [1.807, 2.05) is 43.3 Å². The van der Waals surface area contributed by atoms with Crippen LogP contribution in [-0.2, 0) is 11.2 Å². The summed E-state index contributed by atoms with van der Waals surface area (Å²) in [5.74, 6) is -0.0294. The molecule has 118 valence electrons. The summed E-state index contributed by atoms with van der Waals surface area (Å²) in [6, 6.07) is 15.2. The number of amides is 2. The third-order valence-electron chi connectivity index (χ3n) is 3.71. The van der Waals surface area contributed by atoms with Crippen molar-refractivity contribution >= 4 is 29.3 Å². The molecule has 0 aromatic heterocycles. The maximum atomic E-state index is 12.0. The average molecular weight is 326 g/mol. The number of benzene rings is 2. The Balaban J connectivity index is 1.58. The monoisotopic (exact) mass is 326 g/mol. The molecule has 2 amide bonds. The zero-order valence-electron chi connectivity index (χ0n) is 12.8. The van der Waals surface area contributed by atoms with E-state index < -0.39 is 0 Å². The van der Waals surface area contributed by atoms with Gasteiger partial charge in [0.05, 0.1) is 10.9 Å². The molecule has 1 heterocycles. The Labute approximate surface area is 139 Å². The zero-order chi connectivity index (χ0) is 16.2. The van der Waals surface area contributed by atoms with Gasteiger partial charge in [0.2, 0.25) is 5.91 Å². The van der Waals surface area contributed by atoms with E-state index >= 15 is 0 Å². The number of hydrogen-bond acceptors (Lipinski definition) is 3. The van der Waals surface area contributed by atoms with Crippen molar-refractivity contribution in [1.82, 2.24) is 5.32 Å². The van der Waals surface area contributed by atoms with E-state index in [1.54, 1.807) is 23.9 Å². The average Bonchev–Trinajstić information content (AvgIpc) is 2.57.